The van der Waals surface area contributed by atoms with Crippen molar-refractivity contribution in [1.82, 2.24) is 0 Å². The van der Waals surface area contributed by atoms with Crippen molar-refractivity contribution in [2.75, 3.05) is 18.1 Å². The molecule has 1 aromatic carbocycles. The first-order valence-corrected chi connectivity index (χ1v) is 12.4. The van der Waals surface area contributed by atoms with Gasteiger partial charge < -0.3 is 14.9 Å². The van der Waals surface area contributed by atoms with Gasteiger partial charge in [0.25, 0.3) is 0 Å². The van der Waals surface area contributed by atoms with E-state index in [1.807, 2.05) is 6.07 Å². The van der Waals surface area contributed by atoms with Crippen molar-refractivity contribution < 1.29 is 19.7 Å². The molecule has 1 aliphatic carbocycles. The summed E-state index contributed by atoms with van der Waals surface area (Å²) in [6.07, 6.45) is 9.49. The lowest BCUT2D eigenvalue weighted by atomic mass is 9.93. The van der Waals surface area contributed by atoms with Gasteiger partial charge in [0.05, 0.1) is 12.5 Å². The number of unbranched alkanes of at least 4 members (excludes halogenated alkanes) is 3. The van der Waals surface area contributed by atoms with E-state index in [9.17, 15) is 9.90 Å². The SMILES string of the molecule is CCCCCC#CCOc1c(CC(O)CSCCC(=O)O)cccc1C1CCCC1. The molecule has 4 nitrogen and oxygen atoms in total. The van der Waals surface area contributed by atoms with Crippen LogP contribution in [0.4, 0.5) is 0 Å². The molecular formula is C25H36O4S. The molecule has 0 spiro atoms. The Morgan fingerprint density at radius 2 is 2.07 bits per heavy atom. The molecule has 30 heavy (non-hydrogen) atoms. The van der Waals surface area contributed by atoms with E-state index in [4.69, 9.17) is 9.84 Å². The minimum absolute atomic E-state index is 0.125. The highest BCUT2D eigenvalue weighted by Gasteiger charge is 2.23. The van der Waals surface area contributed by atoms with E-state index >= 15 is 0 Å². The van der Waals surface area contributed by atoms with Crippen LogP contribution in [0.3, 0.4) is 0 Å². The van der Waals surface area contributed by atoms with E-state index in [1.54, 1.807) is 0 Å². The molecule has 1 fully saturated rings. The number of hydrogen-bond acceptors (Lipinski definition) is 4. The topological polar surface area (TPSA) is 66.8 Å². The molecule has 0 amide bonds. The van der Waals surface area contributed by atoms with E-state index in [2.05, 4.69) is 30.9 Å². The summed E-state index contributed by atoms with van der Waals surface area (Å²) in [6.45, 7) is 2.57. The summed E-state index contributed by atoms with van der Waals surface area (Å²) in [6, 6.07) is 6.27. The highest BCUT2D eigenvalue weighted by molar-refractivity contribution is 7.99. The molecule has 1 atom stereocenters. The summed E-state index contributed by atoms with van der Waals surface area (Å²) in [5.74, 6) is 8.03. The highest BCUT2D eigenvalue weighted by Crippen LogP contribution is 2.40. The molecule has 1 unspecified atom stereocenters. The van der Waals surface area contributed by atoms with Crippen molar-refractivity contribution in [2.45, 2.75) is 83.2 Å². The highest BCUT2D eigenvalue weighted by atomic mass is 32.2. The largest absolute Gasteiger partial charge is 0.481 e. The van der Waals surface area contributed by atoms with Gasteiger partial charge in [-0.15, -0.1) is 0 Å². The molecule has 0 aromatic heterocycles. The predicted octanol–water partition coefficient (Wildman–Crippen LogP) is 5.42. The Hall–Kier alpha value is -1.64. The Kier molecular flexibility index (Phi) is 11.8. The zero-order chi connectivity index (χ0) is 21.6. The second kappa shape index (κ2) is 14.4. The molecule has 5 heteroatoms. The van der Waals surface area contributed by atoms with Gasteiger partial charge in [0, 0.05) is 24.3 Å². The fourth-order valence-electron chi connectivity index (χ4n) is 3.90. The Morgan fingerprint density at radius 1 is 1.27 bits per heavy atom. The number of carbonyl (C=O) groups is 1. The smallest absolute Gasteiger partial charge is 0.304 e. The van der Waals surface area contributed by atoms with Gasteiger partial charge in [0.15, 0.2) is 0 Å². The van der Waals surface area contributed by atoms with Crippen LogP contribution in [0.15, 0.2) is 18.2 Å². The number of aliphatic carboxylic acids is 1. The number of para-hydroxylation sites is 1. The van der Waals surface area contributed by atoms with Crippen molar-refractivity contribution in [2.24, 2.45) is 0 Å². The number of aliphatic hydroxyl groups excluding tert-OH is 1. The van der Waals surface area contributed by atoms with Crippen LogP contribution >= 0.6 is 11.8 Å². The lowest BCUT2D eigenvalue weighted by molar-refractivity contribution is -0.136. The van der Waals surface area contributed by atoms with Gasteiger partial charge in [-0.05, 0) is 36.3 Å². The normalized spacial score (nSPS) is 14.9. The first-order valence-electron chi connectivity index (χ1n) is 11.3. The molecule has 1 aromatic rings. The summed E-state index contributed by atoms with van der Waals surface area (Å²) in [4.78, 5) is 10.6. The molecule has 0 heterocycles. The van der Waals surface area contributed by atoms with Gasteiger partial charge in [0.2, 0.25) is 0 Å². The number of aliphatic hydroxyl groups is 1. The van der Waals surface area contributed by atoms with Crippen molar-refractivity contribution in [1.29, 1.82) is 0 Å². The fraction of sp³-hybridized carbons (Fsp3) is 0.640. The van der Waals surface area contributed by atoms with Crippen LogP contribution in [0.1, 0.15) is 81.8 Å². The van der Waals surface area contributed by atoms with Gasteiger partial charge in [-0.25, -0.2) is 0 Å². The van der Waals surface area contributed by atoms with Crippen molar-refractivity contribution in [3.05, 3.63) is 29.3 Å². The van der Waals surface area contributed by atoms with E-state index in [0.717, 1.165) is 24.2 Å². The second-order valence-corrected chi connectivity index (χ2v) is 9.14. The minimum atomic E-state index is -0.798. The molecule has 1 aliphatic rings. The van der Waals surface area contributed by atoms with Crippen LogP contribution in [-0.2, 0) is 11.2 Å². The third kappa shape index (κ3) is 9.02. The fourth-order valence-corrected chi connectivity index (χ4v) is 4.78. The first kappa shape index (κ1) is 24.6. The van der Waals surface area contributed by atoms with Crippen LogP contribution in [-0.4, -0.2) is 40.4 Å². The number of carboxylic acid groups (broad SMARTS) is 1. The Morgan fingerprint density at radius 3 is 2.80 bits per heavy atom. The standard InChI is InChI=1S/C25H36O4S/c1-2-3-4-5-6-9-16-29-25-21(18-22(26)19-30-17-15-24(27)28)13-10-14-23(25)20-11-7-8-12-20/h10,13-14,20,22,26H,2-5,7-8,11-12,15-19H2,1H3,(H,27,28). The molecule has 1 saturated carbocycles. The van der Waals surface area contributed by atoms with Gasteiger partial charge in [-0.1, -0.05) is 62.6 Å². The molecule has 2 rings (SSSR count). The number of thioether (sulfide) groups is 1. The maximum atomic E-state index is 10.6. The van der Waals surface area contributed by atoms with Gasteiger partial charge in [-0.2, -0.15) is 11.8 Å². The van der Waals surface area contributed by atoms with Crippen LogP contribution in [0.25, 0.3) is 0 Å². The molecule has 0 aliphatic heterocycles. The van der Waals surface area contributed by atoms with Crippen LogP contribution in [0.5, 0.6) is 5.75 Å². The molecule has 166 valence electrons. The summed E-state index contributed by atoms with van der Waals surface area (Å²) in [5, 5.41) is 19.2. The van der Waals surface area contributed by atoms with E-state index < -0.39 is 12.1 Å². The Balaban J connectivity index is 2.00. The van der Waals surface area contributed by atoms with Gasteiger partial charge >= 0.3 is 5.97 Å². The summed E-state index contributed by atoms with van der Waals surface area (Å²) < 4.78 is 6.18. The summed E-state index contributed by atoms with van der Waals surface area (Å²) in [5.41, 5.74) is 2.28. The summed E-state index contributed by atoms with van der Waals surface area (Å²) in [7, 11) is 0. The average Bonchev–Trinajstić information content (AvgIpc) is 3.26. The van der Waals surface area contributed by atoms with Crippen molar-refractivity contribution in [3.8, 4) is 17.6 Å². The molecule has 0 saturated heterocycles. The zero-order valence-corrected chi connectivity index (χ0v) is 19.0. The van der Waals surface area contributed by atoms with E-state index in [1.165, 1.54) is 55.9 Å². The minimum Gasteiger partial charge on any atom is -0.481 e. The summed E-state index contributed by atoms with van der Waals surface area (Å²) >= 11 is 1.48. The van der Waals surface area contributed by atoms with Crippen molar-refractivity contribution in [3.63, 3.8) is 0 Å². The number of hydrogen-bond donors (Lipinski definition) is 2. The molecule has 0 radical (unpaired) electrons. The first-order chi connectivity index (χ1) is 14.6. The van der Waals surface area contributed by atoms with Crippen LogP contribution in [0.2, 0.25) is 0 Å². The maximum absolute atomic E-state index is 10.6. The van der Waals surface area contributed by atoms with Gasteiger partial charge in [0.1, 0.15) is 12.4 Å². The van der Waals surface area contributed by atoms with E-state index in [-0.39, 0.29) is 6.42 Å². The Bertz CT molecular complexity index is 701. The van der Waals surface area contributed by atoms with Crippen LogP contribution in [0, 0.1) is 11.8 Å². The maximum Gasteiger partial charge on any atom is 0.304 e. The third-order valence-corrected chi connectivity index (χ3v) is 6.58. The second-order valence-electron chi connectivity index (χ2n) is 7.99. The van der Waals surface area contributed by atoms with E-state index in [0.29, 0.717) is 30.5 Å². The lowest BCUT2D eigenvalue weighted by Crippen LogP contribution is -2.16. The quantitative estimate of drug-likeness (QED) is 0.322. The average molecular weight is 433 g/mol. The monoisotopic (exact) mass is 432 g/mol. The molecule has 0 bridgehead atoms. The predicted molar refractivity (Wildman–Crippen MR) is 124 cm³/mol. The van der Waals surface area contributed by atoms with Crippen LogP contribution < -0.4 is 4.74 Å². The lowest BCUT2D eigenvalue weighted by Gasteiger charge is -2.20. The zero-order valence-electron chi connectivity index (χ0n) is 18.2. The van der Waals surface area contributed by atoms with Gasteiger partial charge in [-0.3, -0.25) is 4.79 Å². The number of benzene rings is 1. The number of ether oxygens (including phenoxy) is 1. The number of carboxylic acids is 1. The Labute approximate surface area is 185 Å². The van der Waals surface area contributed by atoms with Crippen molar-refractivity contribution >= 4 is 17.7 Å². The number of rotatable bonds is 13. The molecular weight excluding hydrogens is 396 g/mol. The third-order valence-electron chi connectivity index (χ3n) is 5.47. The molecule has 2 N–H and O–H groups in total.